The first kappa shape index (κ1) is 12.0. The van der Waals surface area contributed by atoms with Crippen LogP contribution in [0.4, 0.5) is 0 Å². The molecule has 1 aliphatic rings. The van der Waals surface area contributed by atoms with E-state index in [9.17, 15) is 9.59 Å². The normalized spacial score (nSPS) is 17.8. The molecule has 0 amide bonds. The summed E-state index contributed by atoms with van der Waals surface area (Å²) in [4.78, 5) is 22.9. The minimum Gasteiger partial charge on any atom is -0.299 e. The van der Waals surface area contributed by atoms with Gasteiger partial charge in [-0.3, -0.25) is 9.59 Å². The Hall–Kier alpha value is -1.44. The molecular weight excluding hydrogens is 212 g/mol. The van der Waals surface area contributed by atoms with Crippen molar-refractivity contribution in [2.24, 2.45) is 0 Å². The van der Waals surface area contributed by atoms with Gasteiger partial charge >= 0.3 is 0 Å². The van der Waals surface area contributed by atoms with Crippen LogP contribution in [0, 0.1) is 0 Å². The monoisotopic (exact) mass is 230 g/mol. The van der Waals surface area contributed by atoms with Crippen molar-refractivity contribution in [3.05, 3.63) is 35.4 Å². The van der Waals surface area contributed by atoms with Gasteiger partial charge in [-0.05, 0) is 23.0 Å². The van der Waals surface area contributed by atoms with E-state index >= 15 is 0 Å². The van der Waals surface area contributed by atoms with Gasteiger partial charge in [-0.2, -0.15) is 0 Å². The van der Waals surface area contributed by atoms with Gasteiger partial charge in [0.15, 0.2) is 0 Å². The molecule has 17 heavy (non-hydrogen) atoms. The summed E-state index contributed by atoms with van der Waals surface area (Å²) >= 11 is 0. The van der Waals surface area contributed by atoms with Gasteiger partial charge < -0.3 is 0 Å². The van der Waals surface area contributed by atoms with E-state index in [1.165, 1.54) is 5.56 Å². The van der Waals surface area contributed by atoms with Crippen LogP contribution in [0.3, 0.4) is 0 Å². The second-order valence-electron chi connectivity index (χ2n) is 5.18. The van der Waals surface area contributed by atoms with Crippen molar-refractivity contribution in [1.82, 2.24) is 0 Å². The summed E-state index contributed by atoms with van der Waals surface area (Å²) in [6, 6.07) is 8.29. The average Bonchev–Trinajstić information content (AvgIpc) is 2.28. The van der Waals surface area contributed by atoms with E-state index in [-0.39, 0.29) is 23.9 Å². The largest absolute Gasteiger partial charge is 0.299 e. The lowest BCUT2D eigenvalue weighted by Crippen LogP contribution is -2.21. The fourth-order valence-corrected chi connectivity index (χ4v) is 2.39. The van der Waals surface area contributed by atoms with Crippen LogP contribution in [0.2, 0.25) is 0 Å². The number of carbonyl (C=O) groups excluding carboxylic acids is 2. The highest BCUT2D eigenvalue weighted by Gasteiger charge is 2.26. The standard InChI is InChI=1S/C15H18O2/c1-10(2)11-4-3-5-12(6-11)13-7-14(16)9-15(17)8-13/h3-6,10,13H,7-9H2,1-2H3. The van der Waals surface area contributed by atoms with Crippen LogP contribution in [0.15, 0.2) is 24.3 Å². The van der Waals surface area contributed by atoms with E-state index in [1.54, 1.807) is 0 Å². The Kier molecular flexibility index (Phi) is 3.41. The van der Waals surface area contributed by atoms with Gasteiger partial charge in [-0.25, -0.2) is 0 Å². The SMILES string of the molecule is CC(C)c1cccc(C2CC(=O)CC(=O)C2)c1. The molecule has 1 saturated carbocycles. The molecule has 0 aromatic heterocycles. The zero-order valence-corrected chi connectivity index (χ0v) is 10.4. The molecule has 1 fully saturated rings. The van der Waals surface area contributed by atoms with Gasteiger partial charge in [0.25, 0.3) is 0 Å². The predicted molar refractivity (Wildman–Crippen MR) is 67.1 cm³/mol. The molecular formula is C15H18O2. The van der Waals surface area contributed by atoms with Crippen molar-refractivity contribution < 1.29 is 9.59 Å². The molecule has 1 aromatic carbocycles. The fourth-order valence-electron chi connectivity index (χ4n) is 2.39. The van der Waals surface area contributed by atoms with Gasteiger partial charge in [0.1, 0.15) is 11.6 Å². The van der Waals surface area contributed by atoms with Gasteiger partial charge in [0, 0.05) is 12.8 Å². The van der Waals surface area contributed by atoms with Crippen molar-refractivity contribution in [3.63, 3.8) is 0 Å². The summed E-state index contributed by atoms with van der Waals surface area (Å²) in [6.45, 7) is 4.30. The Balaban J connectivity index is 2.24. The Labute approximate surface area is 102 Å². The lowest BCUT2D eigenvalue weighted by Gasteiger charge is -2.21. The molecule has 0 bridgehead atoms. The number of hydrogen-bond acceptors (Lipinski definition) is 2. The number of hydrogen-bond donors (Lipinski definition) is 0. The van der Waals surface area contributed by atoms with E-state index < -0.39 is 0 Å². The summed E-state index contributed by atoms with van der Waals surface area (Å²) in [7, 11) is 0. The summed E-state index contributed by atoms with van der Waals surface area (Å²) in [5.74, 6) is 0.745. The lowest BCUT2D eigenvalue weighted by molar-refractivity contribution is -0.130. The summed E-state index contributed by atoms with van der Waals surface area (Å²) in [6.07, 6.45) is 1.18. The third-order valence-corrected chi connectivity index (χ3v) is 3.39. The van der Waals surface area contributed by atoms with Gasteiger partial charge in [-0.1, -0.05) is 38.1 Å². The second kappa shape index (κ2) is 4.82. The molecule has 0 radical (unpaired) electrons. The molecule has 2 heteroatoms. The third-order valence-electron chi connectivity index (χ3n) is 3.39. The van der Waals surface area contributed by atoms with E-state index in [4.69, 9.17) is 0 Å². The van der Waals surface area contributed by atoms with Crippen molar-refractivity contribution in [1.29, 1.82) is 0 Å². The summed E-state index contributed by atoms with van der Waals surface area (Å²) < 4.78 is 0. The highest BCUT2D eigenvalue weighted by atomic mass is 16.1. The number of carbonyl (C=O) groups is 2. The van der Waals surface area contributed by atoms with Crippen LogP contribution >= 0.6 is 0 Å². The lowest BCUT2D eigenvalue weighted by atomic mass is 9.82. The Morgan fingerprint density at radius 3 is 2.35 bits per heavy atom. The van der Waals surface area contributed by atoms with Crippen LogP contribution in [0.5, 0.6) is 0 Å². The van der Waals surface area contributed by atoms with Crippen LogP contribution in [0.25, 0.3) is 0 Å². The minimum absolute atomic E-state index is 0.0844. The quantitative estimate of drug-likeness (QED) is 0.731. The Morgan fingerprint density at radius 2 is 1.76 bits per heavy atom. The summed E-state index contributed by atoms with van der Waals surface area (Å²) in [5.41, 5.74) is 2.41. The molecule has 0 spiro atoms. The number of benzene rings is 1. The van der Waals surface area contributed by atoms with E-state index in [1.807, 2.05) is 12.1 Å². The average molecular weight is 230 g/mol. The van der Waals surface area contributed by atoms with Crippen LogP contribution < -0.4 is 0 Å². The molecule has 2 nitrogen and oxygen atoms in total. The number of rotatable bonds is 2. The fraction of sp³-hybridized carbons (Fsp3) is 0.467. The third kappa shape index (κ3) is 2.82. The molecule has 0 unspecified atom stereocenters. The van der Waals surface area contributed by atoms with Gasteiger partial charge in [0.2, 0.25) is 0 Å². The minimum atomic E-state index is 0.0844. The number of Topliss-reactive ketones (excluding diaryl/α,β-unsaturated/α-hetero) is 2. The summed E-state index contributed by atoms with van der Waals surface area (Å²) in [5, 5.41) is 0. The van der Waals surface area contributed by atoms with Crippen molar-refractivity contribution in [3.8, 4) is 0 Å². The molecule has 0 aliphatic heterocycles. The van der Waals surface area contributed by atoms with E-state index in [0.717, 1.165) is 5.56 Å². The molecule has 0 heterocycles. The molecule has 1 aliphatic carbocycles. The first-order valence-corrected chi connectivity index (χ1v) is 6.19. The predicted octanol–water partition coefficient (Wildman–Crippen LogP) is 3.22. The molecule has 2 rings (SSSR count). The number of ketones is 2. The topological polar surface area (TPSA) is 34.1 Å². The highest BCUT2D eigenvalue weighted by molar-refractivity contribution is 6.02. The van der Waals surface area contributed by atoms with Crippen molar-refractivity contribution in [2.45, 2.75) is 44.9 Å². The van der Waals surface area contributed by atoms with Gasteiger partial charge in [-0.15, -0.1) is 0 Å². The van der Waals surface area contributed by atoms with Crippen LogP contribution in [0.1, 0.15) is 56.1 Å². The second-order valence-corrected chi connectivity index (χ2v) is 5.18. The molecule has 0 saturated heterocycles. The molecule has 0 N–H and O–H groups in total. The Morgan fingerprint density at radius 1 is 1.12 bits per heavy atom. The smallest absolute Gasteiger partial charge is 0.140 e. The first-order valence-electron chi connectivity index (χ1n) is 6.19. The van der Waals surface area contributed by atoms with E-state index in [2.05, 4.69) is 26.0 Å². The zero-order chi connectivity index (χ0) is 12.4. The maximum absolute atomic E-state index is 11.5. The van der Waals surface area contributed by atoms with Crippen LogP contribution in [-0.4, -0.2) is 11.6 Å². The zero-order valence-electron chi connectivity index (χ0n) is 10.4. The molecule has 0 atom stereocenters. The maximum atomic E-state index is 11.5. The first-order chi connectivity index (χ1) is 8.06. The Bertz CT molecular complexity index is 430. The maximum Gasteiger partial charge on any atom is 0.140 e. The molecule has 1 aromatic rings. The van der Waals surface area contributed by atoms with Crippen molar-refractivity contribution >= 4 is 11.6 Å². The highest BCUT2D eigenvalue weighted by Crippen LogP contribution is 2.30. The van der Waals surface area contributed by atoms with E-state index in [0.29, 0.717) is 18.8 Å². The van der Waals surface area contributed by atoms with Gasteiger partial charge in [0.05, 0.1) is 6.42 Å². The van der Waals surface area contributed by atoms with Crippen LogP contribution in [-0.2, 0) is 9.59 Å². The molecule has 90 valence electrons. The van der Waals surface area contributed by atoms with Crippen molar-refractivity contribution in [2.75, 3.05) is 0 Å².